The number of benzene rings is 2. The Morgan fingerprint density at radius 3 is 2.23 bits per heavy atom. The molecule has 0 aliphatic rings. The second kappa shape index (κ2) is 8.15. The van der Waals surface area contributed by atoms with Gasteiger partial charge >= 0.3 is 0 Å². The number of nitrogens with one attached hydrogen (secondary N) is 2. The third kappa shape index (κ3) is 4.38. The molecule has 0 unspecified atom stereocenters. The average Bonchev–Trinajstić information content (AvgIpc) is 2.64. The number of ether oxygens (including phenoxy) is 2. The van der Waals surface area contributed by atoms with Gasteiger partial charge in [0.1, 0.15) is 11.5 Å². The van der Waals surface area contributed by atoms with E-state index in [0.717, 1.165) is 17.1 Å². The Balaban J connectivity index is 1.80. The first-order valence-corrected chi connectivity index (χ1v) is 8.28. The van der Waals surface area contributed by atoms with E-state index in [1.54, 1.807) is 13.3 Å². The highest BCUT2D eigenvalue weighted by Gasteiger charge is 2.09. The minimum absolute atomic E-state index is 0.0734. The van der Waals surface area contributed by atoms with Crippen molar-refractivity contribution in [3.8, 4) is 11.5 Å². The van der Waals surface area contributed by atoms with Crippen molar-refractivity contribution in [2.24, 2.45) is 0 Å². The van der Waals surface area contributed by atoms with Crippen molar-refractivity contribution in [3.63, 3.8) is 0 Å². The fourth-order valence-corrected chi connectivity index (χ4v) is 2.35. The molecule has 0 bridgehead atoms. The van der Waals surface area contributed by atoms with Crippen molar-refractivity contribution in [1.82, 2.24) is 15.2 Å². The molecule has 3 rings (SSSR count). The maximum Gasteiger partial charge on any atom is 0.249 e. The SMILES string of the molecule is COc1ccccc1Nc1nncc(Nc2ccccc2OC(C)C)n1. The van der Waals surface area contributed by atoms with Gasteiger partial charge in [0.15, 0.2) is 5.82 Å². The van der Waals surface area contributed by atoms with Crippen LogP contribution < -0.4 is 20.1 Å². The first kappa shape index (κ1) is 17.5. The first-order valence-electron chi connectivity index (χ1n) is 8.28. The van der Waals surface area contributed by atoms with E-state index >= 15 is 0 Å². The lowest BCUT2D eigenvalue weighted by atomic mass is 10.3. The van der Waals surface area contributed by atoms with Crippen molar-refractivity contribution >= 4 is 23.1 Å². The van der Waals surface area contributed by atoms with Gasteiger partial charge in [-0.2, -0.15) is 10.1 Å². The lowest BCUT2D eigenvalue weighted by Crippen LogP contribution is -2.08. The summed E-state index contributed by atoms with van der Waals surface area (Å²) < 4.78 is 11.1. The molecule has 134 valence electrons. The Labute approximate surface area is 152 Å². The van der Waals surface area contributed by atoms with Gasteiger partial charge in [0.25, 0.3) is 0 Å². The number of rotatable bonds is 7. The number of nitrogens with zero attached hydrogens (tertiary/aromatic N) is 3. The van der Waals surface area contributed by atoms with E-state index in [1.165, 1.54) is 0 Å². The topological polar surface area (TPSA) is 81.2 Å². The molecule has 0 radical (unpaired) electrons. The molecule has 0 spiro atoms. The molecular weight excluding hydrogens is 330 g/mol. The van der Waals surface area contributed by atoms with E-state index in [1.807, 2.05) is 62.4 Å². The van der Waals surface area contributed by atoms with Gasteiger partial charge in [0.05, 0.1) is 30.8 Å². The minimum atomic E-state index is 0.0734. The summed E-state index contributed by atoms with van der Waals surface area (Å²) in [6.45, 7) is 3.97. The van der Waals surface area contributed by atoms with Gasteiger partial charge in [-0.05, 0) is 38.1 Å². The zero-order chi connectivity index (χ0) is 18.4. The Morgan fingerprint density at radius 2 is 1.54 bits per heavy atom. The summed E-state index contributed by atoms with van der Waals surface area (Å²) in [6, 6.07) is 15.2. The highest BCUT2D eigenvalue weighted by molar-refractivity contribution is 5.66. The van der Waals surface area contributed by atoms with Crippen LogP contribution in [-0.4, -0.2) is 28.4 Å². The van der Waals surface area contributed by atoms with Gasteiger partial charge in [-0.25, -0.2) is 0 Å². The molecule has 7 heteroatoms. The lowest BCUT2D eigenvalue weighted by Gasteiger charge is -2.15. The molecule has 7 nitrogen and oxygen atoms in total. The van der Waals surface area contributed by atoms with E-state index in [4.69, 9.17) is 9.47 Å². The van der Waals surface area contributed by atoms with Crippen molar-refractivity contribution < 1.29 is 9.47 Å². The van der Waals surface area contributed by atoms with Crippen molar-refractivity contribution in [2.75, 3.05) is 17.7 Å². The summed E-state index contributed by atoms with van der Waals surface area (Å²) in [5, 5.41) is 14.4. The van der Waals surface area contributed by atoms with Gasteiger partial charge in [-0.15, -0.1) is 5.10 Å². The summed E-state index contributed by atoms with van der Waals surface area (Å²) in [6.07, 6.45) is 1.63. The third-order valence-corrected chi connectivity index (χ3v) is 3.42. The van der Waals surface area contributed by atoms with Gasteiger partial charge in [0.2, 0.25) is 5.95 Å². The second-order valence-corrected chi connectivity index (χ2v) is 5.78. The zero-order valence-electron chi connectivity index (χ0n) is 14.9. The number of para-hydroxylation sites is 4. The molecule has 3 aromatic rings. The fourth-order valence-electron chi connectivity index (χ4n) is 2.35. The normalized spacial score (nSPS) is 10.5. The zero-order valence-corrected chi connectivity index (χ0v) is 14.9. The van der Waals surface area contributed by atoms with Gasteiger partial charge in [-0.3, -0.25) is 0 Å². The predicted octanol–water partition coefficient (Wildman–Crippen LogP) is 4.15. The maximum atomic E-state index is 5.82. The van der Waals surface area contributed by atoms with Crippen LogP contribution in [0.15, 0.2) is 54.7 Å². The van der Waals surface area contributed by atoms with Gasteiger partial charge in [0, 0.05) is 0 Å². The molecule has 0 aliphatic carbocycles. The van der Waals surface area contributed by atoms with Crippen LogP contribution in [0, 0.1) is 0 Å². The van der Waals surface area contributed by atoms with Gasteiger partial charge in [-0.1, -0.05) is 24.3 Å². The number of hydrogen-bond donors (Lipinski definition) is 2. The minimum Gasteiger partial charge on any atom is -0.495 e. The molecule has 0 saturated carbocycles. The maximum absolute atomic E-state index is 5.82. The van der Waals surface area contributed by atoms with Crippen molar-refractivity contribution in [2.45, 2.75) is 20.0 Å². The molecule has 1 aromatic heterocycles. The van der Waals surface area contributed by atoms with Crippen LogP contribution in [0.25, 0.3) is 0 Å². The molecule has 2 aromatic carbocycles. The third-order valence-electron chi connectivity index (χ3n) is 3.42. The van der Waals surface area contributed by atoms with E-state index < -0.39 is 0 Å². The fraction of sp³-hybridized carbons (Fsp3) is 0.211. The Hall–Kier alpha value is -3.35. The number of methoxy groups -OCH3 is 1. The van der Waals surface area contributed by atoms with E-state index in [0.29, 0.717) is 17.5 Å². The standard InChI is InChI=1S/C19H21N5O2/c1-13(2)26-17-11-7-5-9-15(17)21-18-12-20-24-19(23-18)22-14-8-4-6-10-16(14)25-3/h4-13H,1-3H3,(H2,21,22,23,24). The molecule has 26 heavy (non-hydrogen) atoms. The first-order chi connectivity index (χ1) is 12.7. The molecule has 0 aliphatic heterocycles. The van der Waals surface area contributed by atoms with Crippen LogP contribution in [0.3, 0.4) is 0 Å². The Morgan fingerprint density at radius 1 is 0.885 bits per heavy atom. The molecule has 2 N–H and O–H groups in total. The van der Waals surface area contributed by atoms with Crippen LogP contribution in [-0.2, 0) is 0 Å². The van der Waals surface area contributed by atoms with Crippen LogP contribution >= 0.6 is 0 Å². The van der Waals surface area contributed by atoms with Crippen molar-refractivity contribution in [1.29, 1.82) is 0 Å². The lowest BCUT2D eigenvalue weighted by molar-refractivity contribution is 0.244. The van der Waals surface area contributed by atoms with Crippen molar-refractivity contribution in [3.05, 3.63) is 54.7 Å². The van der Waals surface area contributed by atoms with E-state index in [9.17, 15) is 0 Å². The average molecular weight is 351 g/mol. The van der Waals surface area contributed by atoms with E-state index in [2.05, 4.69) is 25.8 Å². The molecule has 0 saturated heterocycles. The summed E-state index contributed by atoms with van der Waals surface area (Å²) in [5.41, 5.74) is 1.57. The quantitative estimate of drug-likeness (QED) is 0.661. The number of hydrogen-bond acceptors (Lipinski definition) is 7. The number of anilines is 4. The smallest absolute Gasteiger partial charge is 0.249 e. The van der Waals surface area contributed by atoms with Crippen LogP contribution in [0.1, 0.15) is 13.8 Å². The Kier molecular flexibility index (Phi) is 5.48. The molecule has 0 fully saturated rings. The summed E-state index contributed by atoms with van der Waals surface area (Å²) in [4.78, 5) is 4.45. The predicted molar refractivity (Wildman–Crippen MR) is 102 cm³/mol. The van der Waals surface area contributed by atoms with E-state index in [-0.39, 0.29) is 6.10 Å². The Bertz CT molecular complexity index is 870. The van der Waals surface area contributed by atoms with Crippen LogP contribution in [0.5, 0.6) is 11.5 Å². The molecule has 1 heterocycles. The largest absolute Gasteiger partial charge is 0.495 e. The second-order valence-electron chi connectivity index (χ2n) is 5.78. The molecule has 0 atom stereocenters. The van der Waals surface area contributed by atoms with Crippen LogP contribution in [0.4, 0.5) is 23.1 Å². The highest BCUT2D eigenvalue weighted by atomic mass is 16.5. The van der Waals surface area contributed by atoms with Gasteiger partial charge < -0.3 is 20.1 Å². The van der Waals surface area contributed by atoms with Crippen LogP contribution in [0.2, 0.25) is 0 Å². The molecular formula is C19H21N5O2. The monoisotopic (exact) mass is 351 g/mol. The highest BCUT2D eigenvalue weighted by Crippen LogP contribution is 2.28. The molecule has 0 amide bonds. The summed E-state index contributed by atoms with van der Waals surface area (Å²) in [7, 11) is 1.61. The summed E-state index contributed by atoms with van der Waals surface area (Å²) >= 11 is 0. The number of aromatic nitrogens is 3. The summed E-state index contributed by atoms with van der Waals surface area (Å²) in [5.74, 6) is 2.37.